The minimum Gasteiger partial charge on any atom is -0.391 e. The number of nitrogens with zero attached hydrogens (tertiary/aromatic N) is 4. The summed E-state index contributed by atoms with van der Waals surface area (Å²) in [6, 6.07) is -0.391. The predicted octanol–water partition coefficient (Wildman–Crippen LogP) is -0.722. The van der Waals surface area contributed by atoms with Gasteiger partial charge in [-0.25, -0.2) is 4.98 Å². The number of β-amino-alcohol motifs (C(OH)–C–C–N with tert-alkyl or cyclic N) is 1. The number of carbonyl (C=O) groups is 2. The van der Waals surface area contributed by atoms with Crippen LogP contribution >= 0.6 is 0 Å². The number of aromatic amines is 1. The van der Waals surface area contributed by atoms with Crippen LogP contribution in [0.2, 0.25) is 0 Å². The summed E-state index contributed by atoms with van der Waals surface area (Å²) >= 11 is 0. The van der Waals surface area contributed by atoms with E-state index < -0.39 is 12.1 Å². The Hall–Kier alpha value is -2.85. The average molecular weight is 372 g/mol. The van der Waals surface area contributed by atoms with Gasteiger partial charge in [0, 0.05) is 49.2 Å². The highest BCUT2D eigenvalue weighted by Crippen LogP contribution is 2.21. The molecule has 0 saturated carbocycles. The lowest BCUT2D eigenvalue weighted by Gasteiger charge is -2.35. The molecule has 2 atom stereocenters. The van der Waals surface area contributed by atoms with Gasteiger partial charge in [-0.1, -0.05) is 0 Å². The van der Waals surface area contributed by atoms with E-state index in [4.69, 9.17) is 4.74 Å². The number of ether oxygens (including phenoxy) is 1. The van der Waals surface area contributed by atoms with E-state index in [0.717, 1.165) is 11.3 Å². The molecule has 1 fully saturated rings. The van der Waals surface area contributed by atoms with Crippen LogP contribution in [0.1, 0.15) is 38.7 Å². The number of nitrogens with one attached hydrogen (secondary N) is 2. The number of aliphatic hydroxyl groups is 1. The molecule has 2 aliphatic heterocycles. The first-order chi connectivity index (χ1) is 13.1. The number of aromatic nitrogens is 4. The smallest absolute Gasteiger partial charge is 0.274 e. The Bertz CT molecular complexity index is 839. The predicted molar refractivity (Wildman–Crippen MR) is 91.8 cm³/mol. The first-order valence-electron chi connectivity index (χ1n) is 8.80. The van der Waals surface area contributed by atoms with Crippen molar-refractivity contribution in [3.05, 3.63) is 41.2 Å². The van der Waals surface area contributed by atoms with Gasteiger partial charge in [0.2, 0.25) is 0 Å². The molecule has 0 aromatic carbocycles. The molecule has 0 aliphatic carbocycles. The van der Waals surface area contributed by atoms with E-state index in [1.54, 1.807) is 0 Å². The van der Waals surface area contributed by atoms with Crippen molar-refractivity contribution in [3.8, 4) is 0 Å². The number of aliphatic hydroxyl groups excluding tert-OH is 1. The molecule has 0 radical (unpaired) electrons. The van der Waals surface area contributed by atoms with Crippen molar-refractivity contribution in [1.82, 2.24) is 30.4 Å². The van der Waals surface area contributed by atoms with Crippen molar-refractivity contribution in [1.29, 1.82) is 0 Å². The fraction of sp³-hybridized carbons (Fsp3) is 0.471. The summed E-state index contributed by atoms with van der Waals surface area (Å²) < 4.78 is 5.43. The third-order valence-electron chi connectivity index (χ3n) is 4.74. The summed E-state index contributed by atoms with van der Waals surface area (Å²) in [5.74, 6) is -0.671. The molecule has 2 aromatic rings. The number of hydrogen-bond donors (Lipinski definition) is 3. The zero-order valence-corrected chi connectivity index (χ0v) is 14.6. The summed E-state index contributed by atoms with van der Waals surface area (Å²) in [7, 11) is 0. The summed E-state index contributed by atoms with van der Waals surface area (Å²) in [4.78, 5) is 34.6. The molecule has 2 amide bonds. The maximum atomic E-state index is 12.9. The van der Waals surface area contributed by atoms with Crippen molar-refractivity contribution in [2.75, 3.05) is 19.7 Å². The molecule has 4 heterocycles. The quantitative estimate of drug-likeness (QED) is 0.647. The molecular formula is C17H20N6O4. The van der Waals surface area contributed by atoms with Gasteiger partial charge in [0.25, 0.3) is 11.8 Å². The van der Waals surface area contributed by atoms with E-state index in [9.17, 15) is 14.7 Å². The molecule has 142 valence electrons. The Morgan fingerprint density at radius 1 is 1.33 bits per heavy atom. The van der Waals surface area contributed by atoms with Crippen molar-refractivity contribution < 1.29 is 19.4 Å². The molecule has 2 aromatic heterocycles. The molecule has 10 heteroatoms. The maximum absolute atomic E-state index is 12.9. The number of likely N-dealkylation sites (tertiary alicyclic amines) is 1. The summed E-state index contributed by atoms with van der Waals surface area (Å²) in [6.07, 6.45) is 4.60. The van der Waals surface area contributed by atoms with Gasteiger partial charge in [-0.3, -0.25) is 19.7 Å². The molecule has 0 spiro atoms. The van der Waals surface area contributed by atoms with Crippen LogP contribution in [0.4, 0.5) is 0 Å². The largest absolute Gasteiger partial charge is 0.391 e. The van der Waals surface area contributed by atoms with Crippen LogP contribution in [0, 0.1) is 0 Å². The van der Waals surface area contributed by atoms with Gasteiger partial charge in [0.1, 0.15) is 5.69 Å². The SMILES string of the molecule is O=C(N[C@H]1C[C@@H](O)CN(C(=O)c2n[nH]c3c2COCC3)C1)c1cnccn1. The van der Waals surface area contributed by atoms with Crippen LogP contribution in [0.15, 0.2) is 18.6 Å². The monoisotopic (exact) mass is 372 g/mol. The minimum absolute atomic E-state index is 0.189. The average Bonchev–Trinajstić information content (AvgIpc) is 3.11. The number of hydrogen-bond acceptors (Lipinski definition) is 7. The lowest BCUT2D eigenvalue weighted by molar-refractivity contribution is 0.0362. The minimum atomic E-state index is -0.735. The van der Waals surface area contributed by atoms with E-state index in [0.29, 0.717) is 31.7 Å². The summed E-state index contributed by atoms with van der Waals surface area (Å²) in [5.41, 5.74) is 2.19. The van der Waals surface area contributed by atoms with Crippen molar-refractivity contribution in [2.45, 2.75) is 31.6 Å². The molecule has 3 N–H and O–H groups in total. The normalized spacial score (nSPS) is 22.2. The van der Waals surface area contributed by atoms with E-state index >= 15 is 0 Å². The second-order valence-electron chi connectivity index (χ2n) is 6.69. The van der Waals surface area contributed by atoms with Crippen LogP contribution in [0.25, 0.3) is 0 Å². The fourth-order valence-electron chi connectivity index (χ4n) is 3.46. The van der Waals surface area contributed by atoms with Gasteiger partial charge < -0.3 is 20.1 Å². The molecule has 4 rings (SSSR count). The Labute approximate surface area is 155 Å². The van der Waals surface area contributed by atoms with Crippen LogP contribution in [-0.4, -0.2) is 73.8 Å². The van der Waals surface area contributed by atoms with Crippen molar-refractivity contribution >= 4 is 11.8 Å². The second kappa shape index (κ2) is 7.41. The molecule has 0 bridgehead atoms. The zero-order chi connectivity index (χ0) is 18.8. The lowest BCUT2D eigenvalue weighted by Crippen LogP contribution is -2.54. The Morgan fingerprint density at radius 2 is 2.22 bits per heavy atom. The van der Waals surface area contributed by atoms with E-state index in [2.05, 4.69) is 25.5 Å². The van der Waals surface area contributed by atoms with Crippen LogP contribution < -0.4 is 5.32 Å². The molecule has 10 nitrogen and oxygen atoms in total. The van der Waals surface area contributed by atoms with Crippen molar-refractivity contribution in [2.24, 2.45) is 0 Å². The van der Waals surface area contributed by atoms with Gasteiger partial charge in [-0.2, -0.15) is 5.10 Å². The van der Waals surface area contributed by atoms with Crippen LogP contribution in [-0.2, 0) is 17.8 Å². The van der Waals surface area contributed by atoms with Gasteiger partial charge in [-0.05, 0) is 6.42 Å². The van der Waals surface area contributed by atoms with Gasteiger partial charge in [0.15, 0.2) is 5.69 Å². The number of H-pyrrole nitrogens is 1. The number of fused-ring (bicyclic) bond motifs is 1. The summed E-state index contributed by atoms with van der Waals surface area (Å²) in [5, 5.41) is 20.0. The van der Waals surface area contributed by atoms with Gasteiger partial charge in [0.05, 0.1) is 25.5 Å². The number of carbonyl (C=O) groups excluding carboxylic acids is 2. The lowest BCUT2D eigenvalue weighted by atomic mass is 10.0. The highest BCUT2D eigenvalue weighted by Gasteiger charge is 2.33. The number of amides is 2. The number of piperidine rings is 1. The maximum Gasteiger partial charge on any atom is 0.274 e. The molecule has 2 aliphatic rings. The van der Waals surface area contributed by atoms with Crippen LogP contribution in [0.5, 0.6) is 0 Å². The zero-order valence-electron chi connectivity index (χ0n) is 14.6. The number of rotatable bonds is 3. The Balaban J connectivity index is 1.46. The van der Waals surface area contributed by atoms with Crippen molar-refractivity contribution in [3.63, 3.8) is 0 Å². The highest BCUT2D eigenvalue weighted by atomic mass is 16.5. The first kappa shape index (κ1) is 17.6. The molecule has 1 saturated heterocycles. The fourth-order valence-corrected chi connectivity index (χ4v) is 3.46. The van der Waals surface area contributed by atoms with Gasteiger partial charge in [-0.15, -0.1) is 0 Å². The highest BCUT2D eigenvalue weighted by molar-refractivity contribution is 5.94. The van der Waals surface area contributed by atoms with E-state index in [1.807, 2.05) is 0 Å². The Morgan fingerprint density at radius 3 is 3.04 bits per heavy atom. The Kier molecular flexibility index (Phi) is 4.82. The summed E-state index contributed by atoms with van der Waals surface area (Å²) in [6.45, 7) is 1.42. The molecule has 0 unspecified atom stereocenters. The van der Waals surface area contributed by atoms with E-state index in [1.165, 1.54) is 23.5 Å². The van der Waals surface area contributed by atoms with Crippen LogP contribution in [0.3, 0.4) is 0 Å². The molecule has 27 heavy (non-hydrogen) atoms. The topological polar surface area (TPSA) is 133 Å². The van der Waals surface area contributed by atoms with E-state index in [-0.39, 0.29) is 30.6 Å². The third-order valence-corrected chi connectivity index (χ3v) is 4.74. The van der Waals surface area contributed by atoms with Gasteiger partial charge >= 0.3 is 0 Å². The third kappa shape index (κ3) is 3.67. The second-order valence-corrected chi connectivity index (χ2v) is 6.69. The first-order valence-corrected chi connectivity index (χ1v) is 8.80. The standard InChI is InChI=1S/C17H20N6O4/c24-11-5-10(20-16(25)14-6-18-2-3-19-14)7-23(8-11)17(26)15-12-9-27-4-1-13(12)21-22-15/h2-3,6,10-11,24H,1,4-5,7-9H2,(H,20,25)(H,21,22)/t10-,11+/m0/s1. The molecular weight excluding hydrogens is 352 g/mol.